The van der Waals surface area contributed by atoms with E-state index in [4.69, 9.17) is 0 Å². The Morgan fingerprint density at radius 1 is 0.758 bits per heavy atom. The molecule has 170 valence electrons. The summed E-state index contributed by atoms with van der Waals surface area (Å²) in [6.45, 7) is 4.76. The molecular formula is C27H29N3O3. The van der Waals surface area contributed by atoms with E-state index < -0.39 is 11.8 Å². The van der Waals surface area contributed by atoms with Crippen molar-refractivity contribution in [3.8, 4) is 0 Å². The lowest BCUT2D eigenvalue weighted by molar-refractivity contribution is -0.136. The Balaban J connectivity index is 1.56. The number of aryl methyl sites for hydroxylation is 1. The van der Waals surface area contributed by atoms with Crippen LogP contribution in [0.1, 0.15) is 46.8 Å². The lowest BCUT2D eigenvalue weighted by atomic mass is 10.0. The van der Waals surface area contributed by atoms with E-state index in [2.05, 4.69) is 22.9 Å². The maximum Gasteiger partial charge on any atom is 0.313 e. The van der Waals surface area contributed by atoms with Gasteiger partial charge < -0.3 is 16.0 Å². The molecule has 0 aliphatic rings. The summed E-state index contributed by atoms with van der Waals surface area (Å²) in [6, 6.07) is 24.4. The number of benzene rings is 3. The molecule has 0 bridgehead atoms. The predicted octanol–water partition coefficient (Wildman–Crippen LogP) is 4.04. The van der Waals surface area contributed by atoms with Crippen LogP contribution in [0.5, 0.6) is 0 Å². The second kappa shape index (κ2) is 11.6. The standard InChI is InChI=1S/C27H29N3O3/c1-3-20-13-15-21(16-14-20)18-29-25(31)23-11-7-8-12-24(23)30-27(33)26(32)28-17-19(2)22-9-5-4-6-10-22/h4-16,19H,3,17-18H2,1-2H3,(H,28,32)(H,29,31)(H,30,33)/t19-/m1/s1. The van der Waals surface area contributed by atoms with Crippen molar-refractivity contribution in [2.24, 2.45) is 0 Å². The molecule has 0 aromatic heterocycles. The monoisotopic (exact) mass is 443 g/mol. The molecule has 3 N–H and O–H groups in total. The number of anilines is 1. The third-order valence-corrected chi connectivity index (χ3v) is 5.45. The van der Waals surface area contributed by atoms with Gasteiger partial charge in [-0.3, -0.25) is 14.4 Å². The molecule has 0 aliphatic carbocycles. The van der Waals surface area contributed by atoms with Gasteiger partial charge in [-0.05, 0) is 41.2 Å². The second-order valence-electron chi connectivity index (χ2n) is 7.87. The minimum Gasteiger partial charge on any atom is -0.348 e. The molecule has 3 aromatic carbocycles. The van der Waals surface area contributed by atoms with Crippen molar-refractivity contribution in [1.29, 1.82) is 0 Å². The summed E-state index contributed by atoms with van der Waals surface area (Å²) in [7, 11) is 0. The predicted molar refractivity (Wildman–Crippen MR) is 130 cm³/mol. The average Bonchev–Trinajstić information content (AvgIpc) is 2.86. The Morgan fingerprint density at radius 2 is 1.39 bits per heavy atom. The fraction of sp³-hybridized carbons (Fsp3) is 0.222. The smallest absolute Gasteiger partial charge is 0.313 e. The van der Waals surface area contributed by atoms with Gasteiger partial charge in [0.25, 0.3) is 5.91 Å². The average molecular weight is 444 g/mol. The molecule has 0 aliphatic heterocycles. The van der Waals surface area contributed by atoms with Crippen LogP contribution in [-0.4, -0.2) is 24.3 Å². The first-order valence-electron chi connectivity index (χ1n) is 11.1. The van der Waals surface area contributed by atoms with Gasteiger partial charge >= 0.3 is 11.8 Å². The number of rotatable bonds is 8. The minimum atomic E-state index is -0.814. The van der Waals surface area contributed by atoms with Gasteiger partial charge in [0.15, 0.2) is 0 Å². The minimum absolute atomic E-state index is 0.0624. The first-order chi connectivity index (χ1) is 16.0. The lowest BCUT2D eigenvalue weighted by Gasteiger charge is -2.14. The number of carbonyl (C=O) groups is 3. The second-order valence-corrected chi connectivity index (χ2v) is 7.87. The van der Waals surface area contributed by atoms with Gasteiger partial charge in [0, 0.05) is 13.1 Å². The number of carbonyl (C=O) groups excluding carboxylic acids is 3. The van der Waals surface area contributed by atoms with Gasteiger partial charge in [-0.15, -0.1) is 0 Å². The Kier molecular flexibility index (Phi) is 8.36. The van der Waals surface area contributed by atoms with Gasteiger partial charge in [0.05, 0.1) is 11.3 Å². The van der Waals surface area contributed by atoms with E-state index in [0.717, 1.165) is 17.5 Å². The van der Waals surface area contributed by atoms with E-state index in [1.165, 1.54) is 5.56 Å². The number of nitrogens with one attached hydrogen (secondary N) is 3. The fourth-order valence-corrected chi connectivity index (χ4v) is 3.37. The molecule has 0 spiro atoms. The third kappa shape index (κ3) is 6.77. The molecule has 3 amide bonds. The molecule has 1 atom stereocenters. The molecule has 0 saturated heterocycles. The molecule has 0 radical (unpaired) electrons. The van der Waals surface area contributed by atoms with Crippen molar-refractivity contribution in [3.05, 3.63) is 101 Å². The van der Waals surface area contributed by atoms with Crippen molar-refractivity contribution >= 4 is 23.4 Å². The van der Waals surface area contributed by atoms with E-state index >= 15 is 0 Å². The quantitative estimate of drug-likeness (QED) is 0.459. The molecule has 6 heteroatoms. The topological polar surface area (TPSA) is 87.3 Å². The fourth-order valence-electron chi connectivity index (χ4n) is 3.37. The van der Waals surface area contributed by atoms with Crippen LogP contribution in [0.3, 0.4) is 0 Å². The third-order valence-electron chi connectivity index (χ3n) is 5.45. The van der Waals surface area contributed by atoms with Crippen LogP contribution in [0.25, 0.3) is 0 Å². The van der Waals surface area contributed by atoms with Crippen molar-refractivity contribution < 1.29 is 14.4 Å². The molecule has 0 unspecified atom stereocenters. The Labute approximate surface area is 194 Å². The van der Waals surface area contributed by atoms with Gasteiger partial charge in [-0.25, -0.2) is 0 Å². The number of amides is 3. The summed E-state index contributed by atoms with van der Waals surface area (Å²) in [5.74, 6) is -1.83. The van der Waals surface area contributed by atoms with E-state index in [1.54, 1.807) is 24.3 Å². The highest BCUT2D eigenvalue weighted by molar-refractivity contribution is 6.40. The van der Waals surface area contributed by atoms with Gasteiger partial charge in [0.2, 0.25) is 0 Å². The zero-order chi connectivity index (χ0) is 23.6. The zero-order valence-electron chi connectivity index (χ0n) is 18.9. The summed E-state index contributed by atoms with van der Waals surface area (Å²) < 4.78 is 0. The first-order valence-corrected chi connectivity index (χ1v) is 11.1. The van der Waals surface area contributed by atoms with E-state index in [-0.39, 0.29) is 17.5 Å². The molecule has 3 rings (SSSR count). The van der Waals surface area contributed by atoms with Gasteiger partial charge in [-0.1, -0.05) is 80.6 Å². The highest BCUT2D eigenvalue weighted by atomic mass is 16.2. The van der Waals surface area contributed by atoms with E-state index in [0.29, 0.717) is 18.7 Å². The maximum absolute atomic E-state index is 12.7. The lowest BCUT2D eigenvalue weighted by Crippen LogP contribution is -2.37. The molecular weight excluding hydrogens is 414 g/mol. The van der Waals surface area contributed by atoms with Crippen molar-refractivity contribution in [3.63, 3.8) is 0 Å². The molecule has 3 aromatic rings. The summed E-state index contributed by atoms with van der Waals surface area (Å²) >= 11 is 0. The largest absolute Gasteiger partial charge is 0.348 e. The molecule has 0 fully saturated rings. The Morgan fingerprint density at radius 3 is 2.09 bits per heavy atom. The van der Waals surface area contributed by atoms with Crippen LogP contribution in [0.15, 0.2) is 78.9 Å². The zero-order valence-corrected chi connectivity index (χ0v) is 18.9. The summed E-state index contributed by atoms with van der Waals surface area (Å²) in [5, 5.41) is 8.07. The van der Waals surface area contributed by atoms with Crippen LogP contribution in [0, 0.1) is 0 Å². The highest BCUT2D eigenvalue weighted by Gasteiger charge is 2.18. The van der Waals surface area contributed by atoms with Crippen LogP contribution in [0.2, 0.25) is 0 Å². The van der Waals surface area contributed by atoms with Crippen LogP contribution in [0.4, 0.5) is 5.69 Å². The molecule has 0 saturated carbocycles. The van der Waals surface area contributed by atoms with Crippen molar-refractivity contribution in [2.75, 3.05) is 11.9 Å². The van der Waals surface area contributed by atoms with E-state index in [9.17, 15) is 14.4 Å². The van der Waals surface area contributed by atoms with Crippen molar-refractivity contribution in [2.45, 2.75) is 32.7 Å². The first kappa shape index (κ1) is 23.7. The molecule has 6 nitrogen and oxygen atoms in total. The number of para-hydroxylation sites is 1. The summed E-state index contributed by atoms with van der Waals surface area (Å²) in [6.07, 6.45) is 0.957. The summed E-state index contributed by atoms with van der Waals surface area (Å²) in [4.78, 5) is 37.4. The van der Waals surface area contributed by atoms with Crippen LogP contribution >= 0.6 is 0 Å². The Hall–Kier alpha value is -3.93. The van der Waals surface area contributed by atoms with Crippen LogP contribution in [-0.2, 0) is 22.6 Å². The van der Waals surface area contributed by atoms with Crippen molar-refractivity contribution in [1.82, 2.24) is 10.6 Å². The molecule has 0 heterocycles. The molecule has 33 heavy (non-hydrogen) atoms. The normalized spacial score (nSPS) is 11.3. The van der Waals surface area contributed by atoms with E-state index in [1.807, 2.05) is 61.5 Å². The SMILES string of the molecule is CCc1ccc(CNC(=O)c2ccccc2NC(=O)C(=O)NC[C@@H](C)c2ccccc2)cc1. The van der Waals surface area contributed by atoms with Gasteiger partial charge in [0.1, 0.15) is 0 Å². The van der Waals surface area contributed by atoms with Crippen LogP contribution < -0.4 is 16.0 Å². The number of hydrogen-bond acceptors (Lipinski definition) is 3. The maximum atomic E-state index is 12.7. The number of hydrogen-bond donors (Lipinski definition) is 3. The van der Waals surface area contributed by atoms with Gasteiger partial charge in [-0.2, -0.15) is 0 Å². The summed E-state index contributed by atoms with van der Waals surface area (Å²) in [5.41, 5.74) is 3.86. The highest BCUT2D eigenvalue weighted by Crippen LogP contribution is 2.16. The Bertz CT molecular complexity index is 1100.